The highest BCUT2D eigenvalue weighted by Gasteiger charge is 2.39. The summed E-state index contributed by atoms with van der Waals surface area (Å²) >= 11 is 0. The molecule has 0 amide bonds. The number of aromatic nitrogens is 1. The lowest BCUT2D eigenvalue weighted by molar-refractivity contribution is -0.143. The third-order valence-electron chi connectivity index (χ3n) is 2.91. The molecule has 0 spiro atoms. The molecule has 1 N–H and O–H groups in total. The molecule has 8 heteroatoms. The lowest BCUT2D eigenvalue weighted by Gasteiger charge is -2.20. The summed E-state index contributed by atoms with van der Waals surface area (Å²) in [7, 11) is -3.81. The quantitative estimate of drug-likeness (QED) is 0.751. The number of esters is 1. The van der Waals surface area contributed by atoms with Gasteiger partial charge >= 0.3 is 5.97 Å². The summed E-state index contributed by atoms with van der Waals surface area (Å²) in [5.74, 6) is -0.576. The van der Waals surface area contributed by atoms with Crippen molar-refractivity contribution in [2.45, 2.75) is 30.7 Å². The van der Waals surface area contributed by atoms with Gasteiger partial charge in [0.2, 0.25) is 15.6 Å². The Kier molecular flexibility index (Phi) is 4.24. The van der Waals surface area contributed by atoms with Gasteiger partial charge in [-0.15, -0.1) is 0 Å². The Morgan fingerprint density at radius 2 is 2.15 bits per heavy atom. The second-order valence-electron chi connectivity index (χ2n) is 4.48. The zero-order chi connectivity index (χ0) is 14.8. The van der Waals surface area contributed by atoms with Gasteiger partial charge in [-0.1, -0.05) is 0 Å². The van der Waals surface area contributed by atoms with E-state index in [1.165, 1.54) is 6.07 Å². The molecule has 0 aliphatic heterocycles. The second kappa shape index (κ2) is 5.76. The molecule has 1 saturated carbocycles. The van der Waals surface area contributed by atoms with Crippen LogP contribution in [0.25, 0.3) is 0 Å². The molecular weight excluding hydrogens is 284 g/mol. The lowest BCUT2D eigenvalue weighted by atomic mass is 10.5. The van der Waals surface area contributed by atoms with Crippen LogP contribution in [0, 0.1) is 0 Å². The van der Waals surface area contributed by atoms with Crippen LogP contribution in [-0.2, 0) is 19.6 Å². The fraction of sp³-hybridized carbons (Fsp3) is 0.500. The standard InChI is InChI=1S/C12H16N2O5S/c1-2-19-12(16)8-14(9-3-4-9)20(17,18)10-5-6-11(15)13-7-10/h5-7,9H,2-4,8H2,1H3,(H,13,15). The van der Waals surface area contributed by atoms with E-state index in [0.717, 1.165) is 29.4 Å². The Bertz CT molecular complexity index is 628. The predicted octanol–water partition coefficient (Wildman–Crippen LogP) is 0.0911. The highest BCUT2D eigenvalue weighted by atomic mass is 32.2. The van der Waals surface area contributed by atoms with Crippen LogP contribution in [0.4, 0.5) is 0 Å². The third kappa shape index (κ3) is 3.26. The summed E-state index contributed by atoms with van der Waals surface area (Å²) in [5.41, 5.74) is -0.382. The number of hydrogen-bond donors (Lipinski definition) is 1. The molecule has 1 heterocycles. The van der Waals surface area contributed by atoms with Crippen molar-refractivity contribution < 1.29 is 17.9 Å². The maximum atomic E-state index is 12.5. The maximum Gasteiger partial charge on any atom is 0.321 e. The SMILES string of the molecule is CCOC(=O)CN(C1CC1)S(=O)(=O)c1ccc(=O)[nH]c1. The highest BCUT2D eigenvalue weighted by Crippen LogP contribution is 2.31. The summed E-state index contributed by atoms with van der Waals surface area (Å²) < 4.78 is 30.9. The van der Waals surface area contributed by atoms with Crippen LogP contribution >= 0.6 is 0 Å². The zero-order valence-electron chi connectivity index (χ0n) is 11.0. The first-order valence-electron chi connectivity index (χ1n) is 6.31. The molecule has 0 radical (unpaired) electrons. The van der Waals surface area contributed by atoms with Gasteiger partial charge in [0.25, 0.3) is 0 Å². The first-order valence-corrected chi connectivity index (χ1v) is 7.75. The Labute approximate surface area is 116 Å². The minimum Gasteiger partial charge on any atom is -0.465 e. The number of H-pyrrole nitrogens is 1. The Balaban J connectivity index is 2.25. The third-order valence-corrected chi connectivity index (χ3v) is 4.80. The van der Waals surface area contributed by atoms with Gasteiger partial charge in [-0.25, -0.2) is 8.42 Å². The number of hydrogen-bond acceptors (Lipinski definition) is 5. The number of rotatable bonds is 6. The molecule has 1 fully saturated rings. The number of aromatic amines is 1. The molecule has 0 aromatic carbocycles. The van der Waals surface area contributed by atoms with Crippen LogP contribution in [0.2, 0.25) is 0 Å². The van der Waals surface area contributed by atoms with E-state index in [-0.39, 0.29) is 29.6 Å². The number of carbonyl (C=O) groups is 1. The zero-order valence-corrected chi connectivity index (χ0v) is 11.9. The van der Waals surface area contributed by atoms with Gasteiger partial charge in [0.1, 0.15) is 6.54 Å². The average Bonchev–Trinajstić information content (AvgIpc) is 3.21. The van der Waals surface area contributed by atoms with Crippen molar-refractivity contribution in [3.63, 3.8) is 0 Å². The fourth-order valence-corrected chi connectivity index (χ4v) is 3.40. The van der Waals surface area contributed by atoms with E-state index in [1.807, 2.05) is 0 Å². The minimum absolute atomic E-state index is 0.0340. The normalized spacial score (nSPS) is 15.3. The number of ether oxygens (including phenoxy) is 1. The van der Waals surface area contributed by atoms with Gasteiger partial charge in [-0.05, 0) is 25.8 Å². The lowest BCUT2D eigenvalue weighted by Crippen LogP contribution is -2.38. The topological polar surface area (TPSA) is 96.5 Å². The van der Waals surface area contributed by atoms with Crippen LogP contribution in [0.1, 0.15) is 19.8 Å². The fourth-order valence-electron chi connectivity index (χ4n) is 1.80. The molecule has 0 atom stereocenters. The molecule has 0 unspecified atom stereocenters. The van der Waals surface area contributed by atoms with Gasteiger partial charge in [-0.2, -0.15) is 4.31 Å². The molecule has 110 valence electrons. The van der Waals surface area contributed by atoms with Gasteiger partial charge in [0, 0.05) is 18.3 Å². The molecule has 1 aromatic heterocycles. The number of nitrogens with zero attached hydrogens (tertiary/aromatic N) is 1. The summed E-state index contributed by atoms with van der Waals surface area (Å²) in [6.45, 7) is 1.56. The average molecular weight is 300 g/mol. The van der Waals surface area contributed by atoms with Crippen molar-refractivity contribution in [3.8, 4) is 0 Å². The van der Waals surface area contributed by atoms with Gasteiger partial charge in [0.15, 0.2) is 0 Å². The van der Waals surface area contributed by atoms with E-state index in [9.17, 15) is 18.0 Å². The molecule has 0 bridgehead atoms. The Morgan fingerprint density at radius 3 is 2.65 bits per heavy atom. The monoisotopic (exact) mass is 300 g/mol. The van der Waals surface area contributed by atoms with E-state index in [0.29, 0.717) is 0 Å². The molecular formula is C12H16N2O5S. The van der Waals surface area contributed by atoms with Crippen molar-refractivity contribution in [2.24, 2.45) is 0 Å². The van der Waals surface area contributed by atoms with E-state index in [4.69, 9.17) is 4.74 Å². The predicted molar refractivity (Wildman–Crippen MR) is 70.6 cm³/mol. The number of carbonyl (C=O) groups excluding carboxylic acids is 1. The van der Waals surface area contributed by atoms with Crippen molar-refractivity contribution >= 4 is 16.0 Å². The Morgan fingerprint density at radius 1 is 1.45 bits per heavy atom. The molecule has 7 nitrogen and oxygen atoms in total. The van der Waals surface area contributed by atoms with Crippen LogP contribution < -0.4 is 5.56 Å². The minimum atomic E-state index is -3.81. The van der Waals surface area contributed by atoms with E-state index in [1.54, 1.807) is 6.92 Å². The maximum absolute atomic E-state index is 12.5. The number of nitrogens with one attached hydrogen (secondary N) is 1. The first-order chi connectivity index (χ1) is 9.45. The summed E-state index contributed by atoms with van der Waals surface area (Å²) in [4.78, 5) is 24.8. The second-order valence-corrected chi connectivity index (χ2v) is 6.37. The molecule has 1 aliphatic rings. The van der Waals surface area contributed by atoms with E-state index in [2.05, 4.69) is 4.98 Å². The van der Waals surface area contributed by atoms with Crippen molar-refractivity contribution in [3.05, 3.63) is 28.7 Å². The van der Waals surface area contributed by atoms with Crippen molar-refractivity contribution in [1.29, 1.82) is 0 Å². The van der Waals surface area contributed by atoms with Gasteiger partial charge in [0.05, 0.1) is 11.5 Å². The summed E-state index contributed by atoms with van der Waals surface area (Å²) in [6, 6.07) is 2.20. The van der Waals surface area contributed by atoms with Crippen molar-refractivity contribution in [2.75, 3.05) is 13.2 Å². The first kappa shape index (κ1) is 14.7. The van der Waals surface area contributed by atoms with E-state index < -0.39 is 16.0 Å². The van der Waals surface area contributed by atoms with Crippen LogP contribution in [-0.4, -0.2) is 42.9 Å². The van der Waals surface area contributed by atoms with Gasteiger partial charge in [-0.3, -0.25) is 9.59 Å². The van der Waals surface area contributed by atoms with Crippen LogP contribution in [0.5, 0.6) is 0 Å². The smallest absolute Gasteiger partial charge is 0.321 e. The summed E-state index contributed by atoms with van der Waals surface area (Å²) in [5, 5.41) is 0. The largest absolute Gasteiger partial charge is 0.465 e. The molecule has 0 saturated heterocycles. The van der Waals surface area contributed by atoms with E-state index >= 15 is 0 Å². The Hall–Kier alpha value is -1.67. The van der Waals surface area contributed by atoms with Crippen molar-refractivity contribution in [1.82, 2.24) is 9.29 Å². The van der Waals surface area contributed by atoms with Gasteiger partial charge < -0.3 is 9.72 Å². The molecule has 2 rings (SSSR count). The number of pyridine rings is 1. The summed E-state index contributed by atoms with van der Waals surface area (Å²) in [6.07, 6.45) is 2.59. The van der Waals surface area contributed by atoms with Crippen LogP contribution in [0.15, 0.2) is 28.0 Å². The van der Waals surface area contributed by atoms with Crippen LogP contribution in [0.3, 0.4) is 0 Å². The molecule has 20 heavy (non-hydrogen) atoms. The highest BCUT2D eigenvalue weighted by molar-refractivity contribution is 7.89. The molecule has 1 aliphatic carbocycles. The number of sulfonamides is 1. The molecule has 1 aromatic rings.